The molecule has 0 fully saturated rings. The normalized spacial score (nSPS) is 11.9. The quantitative estimate of drug-likeness (QED) is 0.421. The Kier molecular flexibility index (Phi) is 8.24. The topological polar surface area (TPSA) is 81.7 Å². The highest BCUT2D eigenvalue weighted by Gasteiger charge is 2.29. The van der Waals surface area contributed by atoms with Crippen LogP contribution in [0.3, 0.4) is 0 Å². The maximum Gasteiger partial charge on any atom is 0.338 e. The van der Waals surface area contributed by atoms with Gasteiger partial charge in [0.2, 0.25) is 10.0 Å². The molecular formula is C20H22F3NO5S. The number of alkyl halides is 2. The summed E-state index contributed by atoms with van der Waals surface area (Å²) in [7, 11) is -2.36. The number of sulfonamides is 1. The van der Waals surface area contributed by atoms with E-state index in [1.165, 1.54) is 43.5 Å². The van der Waals surface area contributed by atoms with Crippen LogP contribution in [0.4, 0.5) is 13.2 Å². The highest BCUT2D eigenvalue weighted by Crippen LogP contribution is 2.24. The summed E-state index contributed by atoms with van der Waals surface area (Å²) in [6.45, 7) is -0.680. The summed E-state index contributed by atoms with van der Waals surface area (Å²) >= 11 is 0. The van der Waals surface area contributed by atoms with E-state index in [4.69, 9.17) is 9.47 Å². The van der Waals surface area contributed by atoms with Crippen molar-refractivity contribution in [2.45, 2.75) is 30.1 Å². The van der Waals surface area contributed by atoms with Crippen molar-refractivity contribution in [2.75, 3.05) is 20.3 Å². The molecular weight excluding hydrogens is 423 g/mol. The molecule has 0 aliphatic rings. The highest BCUT2D eigenvalue weighted by molar-refractivity contribution is 7.89. The van der Waals surface area contributed by atoms with E-state index in [1.807, 2.05) is 0 Å². The number of hydrogen-bond donors (Lipinski definition) is 1. The monoisotopic (exact) mass is 445 g/mol. The van der Waals surface area contributed by atoms with Crippen molar-refractivity contribution in [2.24, 2.45) is 0 Å². The van der Waals surface area contributed by atoms with Crippen LogP contribution in [0.1, 0.15) is 29.6 Å². The third-order valence-electron chi connectivity index (χ3n) is 4.16. The van der Waals surface area contributed by atoms with Crippen molar-refractivity contribution in [3.8, 4) is 5.75 Å². The molecule has 0 spiro atoms. The lowest BCUT2D eigenvalue weighted by Crippen LogP contribution is -2.27. The minimum absolute atomic E-state index is 0.00256. The third-order valence-corrected chi connectivity index (χ3v) is 5.64. The zero-order valence-corrected chi connectivity index (χ0v) is 17.1. The number of carbonyl (C=O) groups excluding carboxylic acids is 1. The largest absolute Gasteiger partial charge is 0.497 e. The minimum atomic E-state index is -3.81. The maximum absolute atomic E-state index is 13.9. The second kappa shape index (κ2) is 10.4. The summed E-state index contributed by atoms with van der Waals surface area (Å²) in [5.74, 6) is -3.98. The Morgan fingerprint density at radius 3 is 2.27 bits per heavy atom. The average molecular weight is 445 g/mol. The molecule has 2 rings (SSSR count). The number of halogens is 3. The second-order valence-electron chi connectivity index (χ2n) is 6.43. The first-order valence-corrected chi connectivity index (χ1v) is 10.6. The van der Waals surface area contributed by atoms with E-state index in [9.17, 15) is 26.4 Å². The zero-order valence-electron chi connectivity index (χ0n) is 16.2. The molecule has 6 nitrogen and oxygen atoms in total. The third kappa shape index (κ3) is 7.34. The molecule has 10 heteroatoms. The van der Waals surface area contributed by atoms with Gasteiger partial charge in [0.05, 0.1) is 24.2 Å². The highest BCUT2D eigenvalue weighted by atomic mass is 32.2. The van der Waals surface area contributed by atoms with Crippen LogP contribution < -0.4 is 9.46 Å². The van der Waals surface area contributed by atoms with E-state index in [1.54, 1.807) is 0 Å². The molecule has 0 bridgehead atoms. The fourth-order valence-electron chi connectivity index (χ4n) is 2.48. The van der Waals surface area contributed by atoms with Crippen LogP contribution in [0, 0.1) is 5.82 Å². The molecule has 2 aromatic carbocycles. The van der Waals surface area contributed by atoms with Gasteiger partial charge in [0.1, 0.15) is 11.6 Å². The summed E-state index contributed by atoms with van der Waals surface area (Å²) in [6.07, 6.45) is -1.38. The van der Waals surface area contributed by atoms with Gasteiger partial charge in [-0.2, -0.15) is 0 Å². The van der Waals surface area contributed by atoms with Crippen LogP contribution in [0.15, 0.2) is 53.4 Å². The van der Waals surface area contributed by atoms with Crippen molar-refractivity contribution < 1.29 is 35.9 Å². The molecule has 0 aliphatic carbocycles. The van der Waals surface area contributed by atoms with Gasteiger partial charge in [-0.05, 0) is 55.0 Å². The lowest BCUT2D eigenvalue weighted by molar-refractivity contribution is -0.0349. The molecule has 0 unspecified atom stereocenters. The van der Waals surface area contributed by atoms with E-state index in [0.29, 0.717) is 5.75 Å². The molecule has 0 aliphatic heterocycles. The number of methoxy groups -OCH3 is 1. The van der Waals surface area contributed by atoms with Crippen molar-refractivity contribution >= 4 is 16.0 Å². The molecule has 0 amide bonds. The predicted molar refractivity (Wildman–Crippen MR) is 104 cm³/mol. The first kappa shape index (κ1) is 23.7. The van der Waals surface area contributed by atoms with Crippen LogP contribution in [0.25, 0.3) is 0 Å². The molecule has 30 heavy (non-hydrogen) atoms. The molecule has 0 aromatic heterocycles. The van der Waals surface area contributed by atoms with Gasteiger partial charge in [0.25, 0.3) is 5.92 Å². The van der Waals surface area contributed by atoms with Gasteiger partial charge in [0, 0.05) is 19.4 Å². The average Bonchev–Trinajstić information content (AvgIpc) is 2.71. The minimum Gasteiger partial charge on any atom is -0.497 e. The fraction of sp³-hybridized carbons (Fsp3) is 0.350. The van der Waals surface area contributed by atoms with Crippen LogP contribution >= 0.6 is 0 Å². The second-order valence-corrected chi connectivity index (χ2v) is 8.19. The summed E-state index contributed by atoms with van der Waals surface area (Å²) in [5, 5.41) is 0. The Morgan fingerprint density at radius 2 is 1.67 bits per heavy atom. The molecule has 1 N–H and O–H groups in total. The molecule has 0 saturated heterocycles. The number of hydrogen-bond acceptors (Lipinski definition) is 5. The van der Waals surface area contributed by atoms with Gasteiger partial charge in [-0.3, -0.25) is 0 Å². The van der Waals surface area contributed by atoms with Gasteiger partial charge < -0.3 is 9.47 Å². The van der Waals surface area contributed by atoms with E-state index in [-0.39, 0.29) is 23.4 Å². The summed E-state index contributed by atoms with van der Waals surface area (Å²) < 4.78 is 76.9. The maximum atomic E-state index is 13.9. The number of carbonyl (C=O) groups is 1. The standard InChI is InChI=1S/C20H22F3NO5S/c1-28-17-7-9-18(10-8-17)30(26,27)24-13-2-11-20(22,23)12-14-29-19(25)15-3-5-16(21)6-4-15/h3-10,24H,2,11-14H2,1H3. The summed E-state index contributed by atoms with van der Waals surface area (Å²) in [4.78, 5) is 11.7. The number of benzene rings is 2. The number of ether oxygens (including phenoxy) is 2. The lowest BCUT2D eigenvalue weighted by atomic mass is 10.1. The van der Waals surface area contributed by atoms with E-state index >= 15 is 0 Å². The Labute approximate surface area is 173 Å². The zero-order chi connectivity index (χ0) is 22.2. The molecule has 164 valence electrons. The molecule has 0 radical (unpaired) electrons. The number of rotatable bonds is 11. The summed E-state index contributed by atoms with van der Waals surface area (Å²) in [6, 6.07) is 10.2. The van der Waals surface area contributed by atoms with Crippen LogP contribution in [-0.4, -0.2) is 40.6 Å². The Morgan fingerprint density at radius 1 is 1.03 bits per heavy atom. The first-order valence-electron chi connectivity index (χ1n) is 9.07. The van der Waals surface area contributed by atoms with Crippen molar-refractivity contribution in [1.82, 2.24) is 4.72 Å². The Bertz CT molecular complexity index is 932. The Hall–Kier alpha value is -2.59. The van der Waals surface area contributed by atoms with E-state index in [2.05, 4.69) is 4.72 Å². The van der Waals surface area contributed by atoms with E-state index < -0.39 is 47.2 Å². The first-order chi connectivity index (χ1) is 14.1. The SMILES string of the molecule is COc1ccc(S(=O)(=O)NCCCC(F)(F)CCOC(=O)c2ccc(F)cc2)cc1. The fourth-order valence-corrected chi connectivity index (χ4v) is 3.55. The van der Waals surface area contributed by atoms with Crippen LogP contribution in [0.5, 0.6) is 5.75 Å². The van der Waals surface area contributed by atoms with Gasteiger partial charge in [-0.25, -0.2) is 31.1 Å². The van der Waals surface area contributed by atoms with Crippen molar-refractivity contribution in [3.05, 3.63) is 59.9 Å². The van der Waals surface area contributed by atoms with Gasteiger partial charge >= 0.3 is 5.97 Å². The summed E-state index contributed by atoms with van der Waals surface area (Å²) in [5.41, 5.74) is 0.0626. The number of esters is 1. The molecule has 2 aromatic rings. The molecule has 0 saturated carbocycles. The van der Waals surface area contributed by atoms with Gasteiger partial charge in [-0.15, -0.1) is 0 Å². The van der Waals surface area contributed by atoms with Crippen LogP contribution in [0.2, 0.25) is 0 Å². The van der Waals surface area contributed by atoms with Crippen LogP contribution in [-0.2, 0) is 14.8 Å². The van der Waals surface area contributed by atoms with Crippen molar-refractivity contribution in [1.29, 1.82) is 0 Å². The van der Waals surface area contributed by atoms with Gasteiger partial charge in [0.15, 0.2) is 0 Å². The molecule has 0 atom stereocenters. The van der Waals surface area contributed by atoms with E-state index in [0.717, 1.165) is 12.1 Å². The Balaban J connectivity index is 1.72. The lowest BCUT2D eigenvalue weighted by Gasteiger charge is -2.16. The smallest absolute Gasteiger partial charge is 0.338 e. The molecule has 0 heterocycles. The number of nitrogens with one attached hydrogen (secondary N) is 1. The predicted octanol–water partition coefficient (Wildman–Crippen LogP) is 3.78. The van der Waals surface area contributed by atoms with Gasteiger partial charge in [-0.1, -0.05) is 0 Å². The van der Waals surface area contributed by atoms with Crippen molar-refractivity contribution in [3.63, 3.8) is 0 Å².